The Morgan fingerprint density at radius 1 is 1.21 bits per heavy atom. The minimum Gasteiger partial charge on any atom is -0.494 e. The van der Waals surface area contributed by atoms with Crippen molar-refractivity contribution in [3.05, 3.63) is 70.3 Å². The van der Waals surface area contributed by atoms with Gasteiger partial charge in [0.25, 0.3) is 5.69 Å². The van der Waals surface area contributed by atoms with Gasteiger partial charge in [-0.2, -0.15) is 5.10 Å². The number of hydrogen-bond acceptors (Lipinski definition) is 5. The van der Waals surface area contributed by atoms with Crippen LogP contribution in [0, 0.1) is 10.1 Å². The molecule has 2 aromatic rings. The molecule has 0 aromatic heterocycles. The standard InChI is InChI=1S/C21H23N3O4/c1-21(2)15-19(16-8-6-9-17(14-16)24(26)27)22-23(21)20(25)12-7-13-28-18-10-4-3-5-11-18/h3-6,8-11,14H,7,12-13,15H2,1-2H3. The Hall–Kier alpha value is -3.22. The molecule has 3 rings (SSSR count). The Labute approximate surface area is 163 Å². The molecule has 0 bridgehead atoms. The lowest BCUT2D eigenvalue weighted by molar-refractivity contribution is -0.384. The Morgan fingerprint density at radius 2 is 1.96 bits per heavy atom. The van der Waals surface area contributed by atoms with E-state index in [2.05, 4.69) is 5.10 Å². The zero-order chi connectivity index (χ0) is 20.1. The van der Waals surface area contributed by atoms with Crippen LogP contribution in [-0.4, -0.2) is 33.7 Å². The SMILES string of the molecule is CC1(C)CC(c2cccc([N+](=O)[O-])c2)=NN1C(=O)CCCOc1ccccc1. The number of ether oxygens (including phenoxy) is 1. The largest absolute Gasteiger partial charge is 0.494 e. The van der Waals surface area contributed by atoms with Gasteiger partial charge in [0.2, 0.25) is 5.91 Å². The number of nitrogens with zero attached hydrogens (tertiary/aromatic N) is 3. The predicted octanol–water partition coefficient (Wildman–Crippen LogP) is 4.17. The van der Waals surface area contributed by atoms with E-state index in [1.807, 2.05) is 44.2 Å². The van der Waals surface area contributed by atoms with Crippen molar-refractivity contribution in [1.29, 1.82) is 0 Å². The second-order valence-corrected chi connectivity index (χ2v) is 7.31. The molecule has 0 fully saturated rings. The number of nitro benzene ring substituents is 1. The van der Waals surface area contributed by atoms with Crippen LogP contribution >= 0.6 is 0 Å². The Bertz CT molecular complexity index is 894. The van der Waals surface area contributed by atoms with Gasteiger partial charge in [0, 0.05) is 30.5 Å². The number of nitro groups is 1. The quantitative estimate of drug-likeness (QED) is 0.409. The van der Waals surface area contributed by atoms with Gasteiger partial charge >= 0.3 is 0 Å². The molecular formula is C21H23N3O4. The van der Waals surface area contributed by atoms with Gasteiger partial charge in [-0.3, -0.25) is 14.9 Å². The molecule has 0 saturated heterocycles. The zero-order valence-electron chi connectivity index (χ0n) is 16.0. The Morgan fingerprint density at radius 3 is 2.68 bits per heavy atom. The fourth-order valence-corrected chi connectivity index (χ4v) is 3.16. The summed E-state index contributed by atoms with van der Waals surface area (Å²) in [5.74, 6) is 0.699. The second kappa shape index (κ2) is 8.21. The third kappa shape index (κ3) is 4.54. The van der Waals surface area contributed by atoms with Crippen LogP contribution in [0.3, 0.4) is 0 Å². The highest BCUT2D eigenvalue weighted by molar-refractivity contribution is 6.04. The first-order valence-electron chi connectivity index (χ1n) is 9.20. The van der Waals surface area contributed by atoms with Crippen molar-refractivity contribution in [2.45, 2.75) is 38.6 Å². The molecule has 0 atom stereocenters. The van der Waals surface area contributed by atoms with E-state index in [1.54, 1.807) is 12.1 Å². The van der Waals surface area contributed by atoms with Gasteiger partial charge in [0.05, 0.1) is 22.8 Å². The van der Waals surface area contributed by atoms with Crippen molar-refractivity contribution >= 4 is 17.3 Å². The van der Waals surface area contributed by atoms with Gasteiger partial charge in [-0.1, -0.05) is 30.3 Å². The number of amides is 1. The summed E-state index contributed by atoms with van der Waals surface area (Å²) in [7, 11) is 0. The van der Waals surface area contributed by atoms with Gasteiger partial charge in [-0.05, 0) is 32.4 Å². The van der Waals surface area contributed by atoms with Gasteiger partial charge in [0.1, 0.15) is 5.75 Å². The molecule has 0 saturated carbocycles. The molecule has 0 radical (unpaired) electrons. The van der Waals surface area contributed by atoms with E-state index >= 15 is 0 Å². The summed E-state index contributed by atoms with van der Waals surface area (Å²) in [6.07, 6.45) is 1.45. The van der Waals surface area contributed by atoms with Crippen molar-refractivity contribution in [2.24, 2.45) is 5.10 Å². The molecule has 1 amide bonds. The molecule has 2 aromatic carbocycles. The molecule has 28 heavy (non-hydrogen) atoms. The van der Waals surface area contributed by atoms with Crippen LogP contribution in [0.15, 0.2) is 59.7 Å². The molecular weight excluding hydrogens is 358 g/mol. The summed E-state index contributed by atoms with van der Waals surface area (Å²) in [5.41, 5.74) is 0.894. The first-order chi connectivity index (χ1) is 13.4. The van der Waals surface area contributed by atoms with Crippen LogP contribution in [0.25, 0.3) is 0 Å². The average Bonchev–Trinajstić information content (AvgIpc) is 3.01. The molecule has 0 unspecified atom stereocenters. The predicted molar refractivity (Wildman–Crippen MR) is 106 cm³/mol. The van der Waals surface area contributed by atoms with Gasteiger partial charge in [-0.25, -0.2) is 5.01 Å². The summed E-state index contributed by atoms with van der Waals surface area (Å²) in [6, 6.07) is 15.8. The van der Waals surface area contributed by atoms with Gasteiger partial charge in [0.15, 0.2) is 0 Å². The highest BCUT2D eigenvalue weighted by Crippen LogP contribution is 2.31. The number of hydrogen-bond donors (Lipinski definition) is 0. The molecule has 1 aliphatic rings. The van der Waals surface area contributed by atoms with E-state index in [4.69, 9.17) is 4.74 Å². The summed E-state index contributed by atoms with van der Waals surface area (Å²) in [6.45, 7) is 4.34. The van der Waals surface area contributed by atoms with E-state index < -0.39 is 10.5 Å². The second-order valence-electron chi connectivity index (χ2n) is 7.31. The van der Waals surface area contributed by atoms with Gasteiger partial charge < -0.3 is 4.74 Å². The van der Waals surface area contributed by atoms with Crippen molar-refractivity contribution in [3.63, 3.8) is 0 Å². The normalized spacial score (nSPS) is 15.2. The summed E-state index contributed by atoms with van der Waals surface area (Å²) in [5, 5.41) is 17.0. The highest BCUT2D eigenvalue weighted by atomic mass is 16.6. The number of rotatable bonds is 7. The molecule has 1 heterocycles. The minimum absolute atomic E-state index is 0.0147. The van der Waals surface area contributed by atoms with Crippen molar-refractivity contribution in [2.75, 3.05) is 6.61 Å². The number of non-ortho nitro benzene ring substituents is 1. The lowest BCUT2D eigenvalue weighted by atomic mass is 9.94. The summed E-state index contributed by atoms with van der Waals surface area (Å²) >= 11 is 0. The van der Waals surface area contributed by atoms with Crippen LogP contribution in [0.1, 0.15) is 38.7 Å². The molecule has 0 N–H and O–H groups in total. The van der Waals surface area contributed by atoms with E-state index in [-0.39, 0.29) is 11.6 Å². The number of carbonyl (C=O) groups is 1. The molecule has 0 aliphatic carbocycles. The first kappa shape index (κ1) is 19.5. The van der Waals surface area contributed by atoms with Gasteiger partial charge in [-0.15, -0.1) is 0 Å². The van der Waals surface area contributed by atoms with Crippen LogP contribution in [0.5, 0.6) is 5.75 Å². The Kier molecular flexibility index (Phi) is 5.73. The molecule has 7 nitrogen and oxygen atoms in total. The third-order valence-electron chi connectivity index (χ3n) is 4.57. The zero-order valence-corrected chi connectivity index (χ0v) is 16.0. The number of benzene rings is 2. The summed E-state index contributed by atoms with van der Waals surface area (Å²) < 4.78 is 5.63. The average molecular weight is 381 g/mol. The minimum atomic E-state index is -0.475. The first-order valence-corrected chi connectivity index (χ1v) is 9.20. The molecule has 1 aliphatic heterocycles. The number of para-hydroxylation sites is 1. The van der Waals surface area contributed by atoms with Crippen molar-refractivity contribution in [3.8, 4) is 5.75 Å². The van der Waals surface area contributed by atoms with Crippen LogP contribution in [0.2, 0.25) is 0 Å². The molecule has 7 heteroatoms. The Balaban J connectivity index is 1.62. The van der Waals surface area contributed by atoms with Crippen LogP contribution in [-0.2, 0) is 4.79 Å². The van der Waals surface area contributed by atoms with Crippen molar-refractivity contribution < 1.29 is 14.5 Å². The topological polar surface area (TPSA) is 85.0 Å². The summed E-state index contributed by atoms with van der Waals surface area (Å²) in [4.78, 5) is 23.3. The lowest BCUT2D eigenvalue weighted by Gasteiger charge is -2.28. The van der Waals surface area contributed by atoms with E-state index in [1.165, 1.54) is 17.1 Å². The van der Waals surface area contributed by atoms with Crippen molar-refractivity contribution in [1.82, 2.24) is 5.01 Å². The number of carbonyl (C=O) groups excluding carboxylic acids is 1. The maximum absolute atomic E-state index is 12.7. The van der Waals surface area contributed by atoms with E-state index in [9.17, 15) is 14.9 Å². The smallest absolute Gasteiger partial charge is 0.270 e. The fraction of sp³-hybridized carbons (Fsp3) is 0.333. The maximum atomic E-state index is 12.7. The van der Waals surface area contributed by atoms with Crippen LogP contribution in [0.4, 0.5) is 5.69 Å². The molecule has 0 spiro atoms. The van der Waals surface area contributed by atoms with E-state index in [0.717, 1.165) is 5.75 Å². The molecule has 146 valence electrons. The fourth-order valence-electron chi connectivity index (χ4n) is 3.16. The monoisotopic (exact) mass is 381 g/mol. The number of hydrazone groups is 1. The van der Waals surface area contributed by atoms with E-state index in [0.29, 0.717) is 37.1 Å². The van der Waals surface area contributed by atoms with Crippen LogP contribution < -0.4 is 4.74 Å². The maximum Gasteiger partial charge on any atom is 0.270 e. The lowest BCUT2D eigenvalue weighted by Crippen LogP contribution is -2.40. The highest BCUT2D eigenvalue weighted by Gasteiger charge is 2.38. The third-order valence-corrected chi connectivity index (χ3v) is 4.57.